The average Bonchev–Trinajstić information content (AvgIpc) is 2.84. The standard InChI is InChI=1S/C12H14N4O2/c1-9-10(3-2-4-12(9)16(17)18)5-13-6-11-7-14-8-15-11/h2-4,7-8,13H,5-6H2,1H3,(H,14,15). The number of aromatic nitrogens is 2. The van der Waals surface area contributed by atoms with E-state index >= 15 is 0 Å². The van der Waals surface area contributed by atoms with Gasteiger partial charge in [0.05, 0.1) is 11.3 Å². The van der Waals surface area contributed by atoms with Gasteiger partial charge in [-0.15, -0.1) is 0 Å². The SMILES string of the molecule is Cc1c(CNCc2cnc[nH]2)cccc1[N+](=O)[O-]. The van der Waals surface area contributed by atoms with Crippen molar-refractivity contribution in [1.82, 2.24) is 15.3 Å². The van der Waals surface area contributed by atoms with Crippen LogP contribution in [0.1, 0.15) is 16.8 Å². The first kappa shape index (κ1) is 12.3. The molecule has 6 nitrogen and oxygen atoms in total. The largest absolute Gasteiger partial charge is 0.347 e. The first-order valence-electron chi connectivity index (χ1n) is 5.59. The van der Waals surface area contributed by atoms with Crippen LogP contribution in [0.2, 0.25) is 0 Å². The molecular weight excluding hydrogens is 232 g/mol. The molecule has 0 aliphatic carbocycles. The van der Waals surface area contributed by atoms with E-state index in [4.69, 9.17) is 0 Å². The lowest BCUT2D eigenvalue weighted by molar-refractivity contribution is -0.385. The van der Waals surface area contributed by atoms with Gasteiger partial charge < -0.3 is 10.3 Å². The summed E-state index contributed by atoms with van der Waals surface area (Å²) in [7, 11) is 0. The molecule has 2 aromatic rings. The molecule has 0 radical (unpaired) electrons. The van der Waals surface area contributed by atoms with Crippen LogP contribution < -0.4 is 5.32 Å². The molecule has 0 unspecified atom stereocenters. The van der Waals surface area contributed by atoms with Crippen LogP contribution in [0.15, 0.2) is 30.7 Å². The van der Waals surface area contributed by atoms with Crippen LogP contribution in [0.3, 0.4) is 0 Å². The van der Waals surface area contributed by atoms with E-state index in [1.165, 1.54) is 6.07 Å². The van der Waals surface area contributed by atoms with Gasteiger partial charge >= 0.3 is 0 Å². The summed E-state index contributed by atoms with van der Waals surface area (Å²) in [6, 6.07) is 5.12. The molecule has 1 aromatic heterocycles. The molecule has 0 aliphatic rings. The van der Waals surface area contributed by atoms with Crippen molar-refractivity contribution in [3.63, 3.8) is 0 Å². The number of aromatic amines is 1. The Kier molecular flexibility index (Phi) is 3.69. The minimum absolute atomic E-state index is 0.163. The minimum Gasteiger partial charge on any atom is -0.347 e. The van der Waals surface area contributed by atoms with E-state index in [9.17, 15) is 10.1 Å². The fourth-order valence-corrected chi connectivity index (χ4v) is 1.77. The predicted octanol–water partition coefficient (Wildman–Crippen LogP) is 1.92. The molecule has 0 saturated carbocycles. The van der Waals surface area contributed by atoms with E-state index in [1.54, 1.807) is 25.5 Å². The van der Waals surface area contributed by atoms with Gasteiger partial charge in [0.1, 0.15) is 0 Å². The van der Waals surface area contributed by atoms with Crippen molar-refractivity contribution in [3.05, 3.63) is 57.7 Å². The summed E-state index contributed by atoms with van der Waals surface area (Å²) in [5.41, 5.74) is 2.79. The van der Waals surface area contributed by atoms with E-state index in [0.29, 0.717) is 18.7 Å². The third-order valence-electron chi connectivity index (χ3n) is 2.80. The third-order valence-corrected chi connectivity index (χ3v) is 2.80. The Morgan fingerprint density at radius 2 is 2.28 bits per heavy atom. The van der Waals surface area contributed by atoms with Crippen molar-refractivity contribution < 1.29 is 4.92 Å². The summed E-state index contributed by atoms with van der Waals surface area (Å²) in [5.74, 6) is 0. The van der Waals surface area contributed by atoms with E-state index in [1.807, 2.05) is 6.07 Å². The molecule has 0 spiro atoms. The maximum Gasteiger partial charge on any atom is 0.272 e. The van der Waals surface area contributed by atoms with Gasteiger partial charge in [-0.3, -0.25) is 10.1 Å². The third kappa shape index (κ3) is 2.72. The van der Waals surface area contributed by atoms with Crippen LogP contribution >= 0.6 is 0 Å². The quantitative estimate of drug-likeness (QED) is 0.623. The molecular formula is C12H14N4O2. The summed E-state index contributed by atoms with van der Waals surface area (Å²) >= 11 is 0. The zero-order chi connectivity index (χ0) is 13.0. The smallest absolute Gasteiger partial charge is 0.272 e. The molecule has 0 atom stereocenters. The van der Waals surface area contributed by atoms with Gasteiger partial charge in [-0.1, -0.05) is 12.1 Å². The predicted molar refractivity (Wildman–Crippen MR) is 67.0 cm³/mol. The topological polar surface area (TPSA) is 83.8 Å². The summed E-state index contributed by atoms with van der Waals surface area (Å²) in [5, 5.41) is 14.0. The van der Waals surface area contributed by atoms with Crippen LogP contribution in [0.4, 0.5) is 5.69 Å². The molecule has 1 aromatic carbocycles. The normalized spacial score (nSPS) is 10.5. The monoisotopic (exact) mass is 246 g/mol. The number of H-pyrrole nitrogens is 1. The number of benzene rings is 1. The van der Waals surface area contributed by atoms with E-state index < -0.39 is 0 Å². The highest BCUT2D eigenvalue weighted by molar-refractivity contribution is 5.44. The molecule has 18 heavy (non-hydrogen) atoms. The maximum atomic E-state index is 10.8. The number of nitro benzene ring substituents is 1. The van der Waals surface area contributed by atoms with Crippen LogP contribution in [0, 0.1) is 17.0 Å². The second-order valence-electron chi connectivity index (χ2n) is 4.00. The fraction of sp³-hybridized carbons (Fsp3) is 0.250. The molecule has 1 heterocycles. The zero-order valence-electron chi connectivity index (χ0n) is 10.0. The first-order chi connectivity index (χ1) is 8.68. The van der Waals surface area contributed by atoms with Crippen LogP contribution in [-0.4, -0.2) is 14.9 Å². The molecule has 0 amide bonds. The summed E-state index contributed by atoms with van der Waals surface area (Å²) in [6.07, 6.45) is 3.36. The Hall–Kier alpha value is -2.21. The van der Waals surface area contributed by atoms with E-state index in [0.717, 1.165) is 11.3 Å². The molecule has 94 valence electrons. The molecule has 6 heteroatoms. The lowest BCUT2D eigenvalue weighted by Crippen LogP contribution is -2.14. The number of hydrogen-bond donors (Lipinski definition) is 2. The van der Waals surface area contributed by atoms with Crippen molar-refractivity contribution in [3.8, 4) is 0 Å². The molecule has 2 N–H and O–H groups in total. The summed E-state index contributed by atoms with van der Waals surface area (Å²) < 4.78 is 0. The molecule has 2 rings (SSSR count). The van der Waals surface area contributed by atoms with Gasteiger partial charge in [0.25, 0.3) is 5.69 Å². The highest BCUT2D eigenvalue weighted by Gasteiger charge is 2.12. The Labute approximate surface area is 104 Å². The van der Waals surface area contributed by atoms with Crippen molar-refractivity contribution in [2.45, 2.75) is 20.0 Å². The molecule has 0 aliphatic heterocycles. The highest BCUT2D eigenvalue weighted by atomic mass is 16.6. The average molecular weight is 246 g/mol. The lowest BCUT2D eigenvalue weighted by atomic mass is 10.1. The van der Waals surface area contributed by atoms with Crippen molar-refractivity contribution in [2.75, 3.05) is 0 Å². The van der Waals surface area contributed by atoms with E-state index in [2.05, 4.69) is 15.3 Å². The highest BCUT2D eigenvalue weighted by Crippen LogP contribution is 2.20. The van der Waals surface area contributed by atoms with Gasteiger partial charge in [0.2, 0.25) is 0 Å². The van der Waals surface area contributed by atoms with Crippen LogP contribution in [-0.2, 0) is 13.1 Å². The number of nitrogens with one attached hydrogen (secondary N) is 2. The Morgan fingerprint density at radius 1 is 1.44 bits per heavy atom. The Bertz CT molecular complexity index is 537. The molecule has 0 fully saturated rings. The second kappa shape index (κ2) is 5.42. The van der Waals surface area contributed by atoms with Crippen LogP contribution in [0.5, 0.6) is 0 Å². The van der Waals surface area contributed by atoms with Gasteiger partial charge in [-0.2, -0.15) is 0 Å². The Morgan fingerprint density at radius 3 is 2.94 bits per heavy atom. The van der Waals surface area contributed by atoms with Crippen LogP contribution in [0.25, 0.3) is 0 Å². The second-order valence-corrected chi connectivity index (χ2v) is 4.00. The van der Waals surface area contributed by atoms with Gasteiger partial charge in [0.15, 0.2) is 0 Å². The number of nitrogens with zero attached hydrogens (tertiary/aromatic N) is 2. The van der Waals surface area contributed by atoms with Crippen molar-refractivity contribution in [1.29, 1.82) is 0 Å². The molecule has 0 bridgehead atoms. The van der Waals surface area contributed by atoms with Gasteiger partial charge in [-0.25, -0.2) is 4.98 Å². The first-order valence-corrected chi connectivity index (χ1v) is 5.59. The fourth-order valence-electron chi connectivity index (χ4n) is 1.77. The zero-order valence-corrected chi connectivity index (χ0v) is 10.0. The number of nitro groups is 1. The van der Waals surface area contributed by atoms with Crippen molar-refractivity contribution >= 4 is 5.69 Å². The number of imidazole rings is 1. The Balaban J connectivity index is 2.01. The minimum atomic E-state index is -0.353. The lowest BCUT2D eigenvalue weighted by Gasteiger charge is -2.07. The molecule has 0 saturated heterocycles. The summed E-state index contributed by atoms with van der Waals surface area (Å²) in [6.45, 7) is 3.01. The van der Waals surface area contributed by atoms with E-state index in [-0.39, 0.29) is 10.6 Å². The maximum absolute atomic E-state index is 10.8. The number of hydrogen-bond acceptors (Lipinski definition) is 4. The number of rotatable bonds is 5. The summed E-state index contributed by atoms with van der Waals surface area (Å²) in [4.78, 5) is 17.4. The van der Waals surface area contributed by atoms with Crippen molar-refractivity contribution in [2.24, 2.45) is 0 Å². The van der Waals surface area contributed by atoms with Gasteiger partial charge in [0, 0.05) is 36.6 Å². The van der Waals surface area contributed by atoms with Gasteiger partial charge in [-0.05, 0) is 12.5 Å².